The van der Waals surface area contributed by atoms with E-state index in [0.29, 0.717) is 0 Å². The minimum atomic E-state index is 0. The van der Waals surface area contributed by atoms with E-state index in [2.05, 4.69) is 14.9 Å². The molecule has 0 aliphatic heterocycles. The standard InChI is InChI=1S/C6H4N2O.C6H6.7C2H6.3CH3.11Y/c1-2-4-6-5(3-1)7-9-8-6;1-2-4-6-5-3-1;7*1-2;;;;;;;;;;;;;;/h1-4H;1-6H;7*1-2H3;3*1H3;;;;;;;;;;;/q;;;;;;;;;3*-1;;;;;;;;;;;. The normalized spacial score (nSPS) is 4.23. The molecule has 0 fully saturated rings. The van der Waals surface area contributed by atoms with Gasteiger partial charge in [0.15, 0.2) is 0 Å². The largest absolute Gasteiger partial charge is 0.358 e. The van der Waals surface area contributed by atoms with Gasteiger partial charge in [0, 0.05) is 360 Å². The maximum Gasteiger partial charge on any atom is 0.135 e. The smallest absolute Gasteiger partial charge is 0.135 e. The molecule has 14 heteroatoms. The van der Waals surface area contributed by atoms with Crippen LogP contribution >= 0.6 is 0 Å². The molecule has 3 nitrogen and oxygen atoms in total. The summed E-state index contributed by atoms with van der Waals surface area (Å²) in [6, 6.07) is 19.5. The van der Waals surface area contributed by atoms with E-state index < -0.39 is 0 Å². The van der Waals surface area contributed by atoms with Gasteiger partial charge in [0.2, 0.25) is 0 Å². The molecular formula is C29H61N2OY11-3. The van der Waals surface area contributed by atoms with Crippen molar-refractivity contribution in [3.63, 3.8) is 0 Å². The van der Waals surface area contributed by atoms with Gasteiger partial charge in [-0.25, -0.2) is 4.63 Å². The molecular weight excluding hydrogens is 1370 g/mol. The summed E-state index contributed by atoms with van der Waals surface area (Å²) in [5, 5.41) is 7.27. The maximum absolute atomic E-state index is 4.46. The van der Waals surface area contributed by atoms with Gasteiger partial charge in [0.1, 0.15) is 11.0 Å². The van der Waals surface area contributed by atoms with Crippen LogP contribution in [0.5, 0.6) is 0 Å². The molecule has 229 valence electrons. The average Bonchev–Trinajstić information content (AvgIpc) is 3.38. The van der Waals surface area contributed by atoms with Crippen molar-refractivity contribution in [2.45, 2.75) is 96.9 Å². The van der Waals surface area contributed by atoms with E-state index in [0.717, 1.165) is 11.0 Å². The van der Waals surface area contributed by atoms with Gasteiger partial charge in [-0.05, 0) is 22.4 Å². The van der Waals surface area contributed by atoms with Crippen LogP contribution in [0.1, 0.15) is 96.9 Å². The number of nitrogens with zero attached hydrogens (tertiary/aromatic N) is 2. The number of benzene rings is 2. The molecule has 1 aromatic heterocycles. The molecule has 0 atom stereocenters. The van der Waals surface area contributed by atoms with Gasteiger partial charge in [-0.3, -0.25) is 0 Å². The van der Waals surface area contributed by atoms with Crippen molar-refractivity contribution in [3.05, 3.63) is 82.9 Å². The molecule has 0 N–H and O–H groups in total. The molecule has 0 saturated carbocycles. The Bertz CT molecular complexity index is 487. The zero-order valence-corrected chi connectivity index (χ0v) is 62.6. The Balaban J connectivity index is -0.00000000801. The molecule has 0 spiro atoms. The van der Waals surface area contributed by atoms with Gasteiger partial charge in [0.05, 0.1) is 0 Å². The van der Waals surface area contributed by atoms with Crippen molar-refractivity contribution in [2.24, 2.45) is 0 Å². The zero-order valence-electron chi connectivity index (χ0n) is 31.4. The second-order valence-corrected chi connectivity index (χ2v) is 2.91. The molecule has 11 radical (unpaired) electrons. The fourth-order valence-corrected chi connectivity index (χ4v) is 1.11. The van der Waals surface area contributed by atoms with Crippen LogP contribution in [0.2, 0.25) is 0 Å². The minimum absolute atomic E-state index is 0. The number of rotatable bonds is 0. The van der Waals surface area contributed by atoms with Crippen LogP contribution in [0.15, 0.2) is 65.3 Å². The fourth-order valence-electron chi connectivity index (χ4n) is 1.11. The van der Waals surface area contributed by atoms with Crippen molar-refractivity contribution < 1.29 is 364 Å². The van der Waals surface area contributed by atoms with Gasteiger partial charge in [-0.1, -0.05) is 145 Å². The second kappa shape index (κ2) is 161. The minimum Gasteiger partial charge on any atom is -0.358 e. The molecule has 3 aromatic rings. The van der Waals surface area contributed by atoms with Gasteiger partial charge in [-0.15, -0.1) is 0 Å². The first-order chi connectivity index (χ1) is 14.5. The summed E-state index contributed by atoms with van der Waals surface area (Å²) in [6.07, 6.45) is 0. The zero-order chi connectivity index (χ0) is 24.3. The van der Waals surface area contributed by atoms with Crippen LogP contribution in [0.25, 0.3) is 11.0 Å². The molecule has 0 saturated heterocycles. The SMILES string of the molecule is CC.CC.CC.CC.CC.CC.CC.[CH3-].[CH3-].[CH3-].[Y].[Y].[Y].[Y].[Y].[Y].[Y].[Y].[Y].[Y].[Y].c1ccc2nonc2c1.c1ccccc1. The fraction of sp³-hybridized carbons (Fsp3) is 0.483. The average molecular weight is 1430 g/mol. The monoisotopic (exact) mass is 1430 g/mol. The molecule has 0 aliphatic rings. The van der Waals surface area contributed by atoms with E-state index >= 15 is 0 Å². The first-order valence-corrected chi connectivity index (χ1v) is 11.6. The topological polar surface area (TPSA) is 38.9 Å². The van der Waals surface area contributed by atoms with Crippen molar-refractivity contribution in [1.29, 1.82) is 0 Å². The molecule has 0 amide bonds. The van der Waals surface area contributed by atoms with E-state index in [1.54, 1.807) is 0 Å². The molecule has 1 heterocycles. The van der Waals surface area contributed by atoms with Gasteiger partial charge in [0.25, 0.3) is 0 Å². The van der Waals surface area contributed by atoms with Gasteiger partial charge in [-0.2, -0.15) is 0 Å². The maximum atomic E-state index is 4.46. The Morgan fingerprint density at radius 2 is 0.442 bits per heavy atom. The molecule has 0 bridgehead atoms. The third-order valence-electron chi connectivity index (χ3n) is 1.83. The summed E-state index contributed by atoms with van der Waals surface area (Å²) >= 11 is 0. The van der Waals surface area contributed by atoms with Crippen molar-refractivity contribution in [3.8, 4) is 0 Å². The molecule has 0 unspecified atom stereocenters. The summed E-state index contributed by atoms with van der Waals surface area (Å²) in [5.74, 6) is 0. The quantitative estimate of drug-likeness (QED) is 0.211. The number of hydrogen-bond donors (Lipinski definition) is 0. The first-order valence-electron chi connectivity index (χ1n) is 11.6. The van der Waals surface area contributed by atoms with E-state index in [9.17, 15) is 0 Å². The van der Waals surface area contributed by atoms with Crippen LogP contribution in [0, 0.1) is 22.3 Å². The Labute approximate surface area is 551 Å². The van der Waals surface area contributed by atoms with Crippen molar-refractivity contribution >= 4 is 11.0 Å². The Kier molecular flexibility index (Phi) is 492. The predicted molar refractivity (Wildman–Crippen MR) is 157 cm³/mol. The van der Waals surface area contributed by atoms with E-state index in [-0.39, 0.29) is 382 Å². The van der Waals surface area contributed by atoms with Gasteiger partial charge >= 0.3 is 0 Å². The third kappa shape index (κ3) is 119. The van der Waals surface area contributed by atoms with E-state index in [4.69, 9.17) is 0 Å². The second-order valence-electron chi connectivity index (χ2n) is 2.91. The van der Waals surface area contributed by atoms with Crippen molar-refractivity contribution in [2.75, 3.05) is 0 Å². The summed E-state index contributed by atoms with van der Waals surface area (Å²) in [6.45, 7) is 28.0. The van der Waals surface area contributed by atoms with E-state index in [1.165, 1.54) is 0 Å². The van der Waals surface area contributed by atoms with Crippen LogP contribution in [-0.4, -0.2) is 10.3 Å². The number of fused-ring (bicyclic) bond motifs is 1. The summed E-state index contributed by atoms with van der Waals surface area (Å²) in [5.41, 5.74) is 1.61. The Morgan fingerprint density at radius 3 is 0.581 bits per heavy atom. The first kappa shape index (κ1) is 132. The molecule has 3 rings (SSSR count). The predicted octanol–water partition coefficient (Wildman–Crippen LogP) is 11.4. The molecule has 2 aromatic carbocycles. The third-order valence-corrected chi connectivity index (χ3v) is 1.83. The molecule has 0 aliphatic carbocycles. The molecule has 43 heavy (non-hydrogen) atoms. The summed E-state index contributed by atoms with van der Waals surface area (Å²) in [7, 11) is 0. The summed E-state index contributed by atoms with van der Waals surface area (Å²) in [4.78, 5) is 0. The summed E-state index contributed by atoms with van der Waals surface area (Å²) < 4.78 is 4.46. The van der Waals surface area contributed by atoms with Crippen LogP contribution in [-0.2, 0) is 360 Å². The van der Waals surface area contributed by atoms with E-state index in [1.807, 2.05) is 158 Å². The Hall–Kier alpha value is 9.98. The van der Waals surface area contributed by atoms with Crippen molar-refractivity contribution in [1.82, 2.24) is 10.3 Å². The Morgan fingerprint density at radius 1 is 0.302 bits per heavy atom. The van der Waals surface area contributed by atoms with Crippen LogP contribution in [0.3, 0.4) is 0 Å². The number of hydrogen-bond acceptors (Lipinski definition) is 3. The van der Waals surface area contributed by atoms with Crippen LogP contribution in [0.4, 0.5) is 0 Å². The van der Waals surface area contributed by atoms with Gasteiger partial charge < -0.3 is 22.3 Å². The van der Waals surface area contributed by atoms with Crippen LogP contribution < -0.4 is 0 Å². The number of aromatic nitrogens is 2.